The maximum Gasteiger partial charge on any atom is 0.156 e. The van der Waals surface area contributed by atoms with E-state index in [9.17, 15) is 9.90 Å². The molecule has 22 heavy (non-hydrogen) atoms. The van der Waals surface area contributed by atoms with Crippen LogP contribution < -0.4 is 0 Å². The van der Waals surface area contributed by atoms with Gasteiger partial charge >= 0.3 is 0 Å². The molecule has 0 bridgehead atoms. The van der Waals surface area contributed by atoms with Gasteiger partial charge in [0.25, 0.3) is 0 Å². The van der Waals surface area contributed by atoms with Gasteiger partial charge in [-0.3, -0.25) is 4.79 Å². The molecule has 3 heteroatoms. The minimum Gasteiger partial charge on any atom is -0.507 e. The Hall–Kier alpha value is -2.81. The Morgan fingerprint density at radius 2 is 1.77 bits per heavy atom. The predicted octanol–water partition coefficient (Wildman–Crippen LogP) is 4.25. The quantitative estimate of drug-likeness (QED) is 0.558. The van der Waals surface area contributed by atoms with Crippen LogP contribution in [-0.4, -0.2) is 15.9 Å². The third-order valence-corrected chi connectivity index (χ3v) is 3.60. The summed E-state index contributed by atoms with van der Waals surface area (Å²) in [4.78, 5) is 14.7. The van der Waals surface area contributed by atoms with Gasteiger partial charge < -0.3 is 10.1 Å². The predicted molar refractivity (Wildman–Crippen MR) is 88.8 cm³/mol. The lowest BCUT2D eigenvalue weighted by Crippen LogP contribution is -1.95. The van der Waals surface area contributed by atoms with Crippen LogP contribution in [0.2, 0.25) is 0 Å². The second kappa shape index (κ2) is 5.90. The maximum absolute atomic E-state index is 11.3. The Bertz CT molecular complexity index is 844. The van der Waals surface area contributed by atoms with E-state index in [2.05, 4.69) is 4.98 Å². The fourth-order valence-corrected chi connectivity index (χ4v) is 2.69. The van der Waals surface area contributed by atoms with Crippen molar-refractivity contribution in [1.82, 2.24) is 4.98 Å². The molecule has 0 fully saturated rings. The summed E-state index contributed by atoms with van der Waals surface area (Å²) in [6.45, 7) is 1.43. The first-order valence-electron chi connectivity index (χ1n) is 7.20. The highest BCUT2D eigenvalue weighted by molar-refractivity contribution is 5.99. The van der Waals surface area contributed by atoms with Gasteiger partial charge in [0.1, 0.15) is 5.76 Å². The van der Waals surface area contributed by atoms with Crippen molar-refractivity contribution in [2.75, 3.05) is 0 Å². The number of rotatable bonds is 4. The largest absolute Gasteiger partial charge is 0.507 e. The third-order valence-electron chi connectivity index (χ3n) is 3.60. The summed E-state index contributed by atoms with van der Waals surface area (Å²) < 4.78 is 0. The van der Waals surface area contributed by atoms with Crippen molar-refractivity contribution in [2.45, 2.75) is 13.3 Å². The molecule has 0 aliphatic rings. The molecular formula is C19H17NO2. The number of allylic oxidation sites excluding steroid dienone is 1. The first-order valence-corrected chi connectivity index (χ1v) is 7.20. The van der Waals surface area contributed by atoms with Gasteiger partial charge in [-0.2, -0.15) is 0 Å². The lowest BCUT2D eigenvalue weighted by Gasteiger charge is -2.04. The van der Waals surface area contributed by atoms with Gasteiger partial charge in [0.05, 0.1) is 0 Å². The van der Waals surface area contributed by atoms with E-state index in [4.69, 9.17) is 0 Å². The number of hydrogen-bond donors (Lipinski definition) is 2. The van der Waals surface area contributed by atoms with Crippen molar-refractivity contribution in [1.29, 1.82) is 0 Å². The molecule has 1 aromatic heterocycles. The fraction of sp³-hybridized carbons (Fsp3) is 0.105. The van der Waals surface area contributed by atoms with E-state index >= 15 is 0 Å². The lowest BCUT2D eigenvalue weighted by atomic mass is 10.0. The molecule has 0 spiro atoms. The molecule has 0 saturated heterocycles. The molecule has 3 aromatic rings. The Kier molecular flexibility index (Phi) is 3.79. The van der Waals surface area contributed by atoms with E-state index < -0.39 is 0 Å². The highest BCUT2D eigenvalue weighted by Crippen LogP contribution is 2.29. The average Bonchev–Trinajstić information content (AvgIpc) is 2.85. The third kappa shape index (κ3) is 2.79. The monoisotopic (exact) mass is 291 g/mol. The van der Waals surface area contributed by atoms with E-state index in [0.717, 1.165) is 22.2 Å². The maximum atomic E-state index is 11.3. The Labute approximate surface area is 128 Å². The molecule has 110 valence electrons. The normalized spacial score (nSPS) is 11.8. The van der Waals surface area contributed by atoms with Gasteiger partial charge in [0.2, 0.25) is 0 Å². The molecule has 2 N–H and O–H groups in total. The van der Waals surface area contributed by atoms with Crippen LogP contribution >= 0.6 is 0 Å². The van der Waals surface area contributed by atoms with Crippen LogP contribution in [0.3, 0.4) is 0 Å². The van der Waals surface area contributed by atoms with Crippen LogP contribution in [0.1, 0.15) is 23.7 Å². The Balaban J connectivity index is 2.14. The minimum atomic E-state index is -0.173. The number of aromatic amines is 1. The fourth-order valence-electron chi connectivity index (χ4n) is 2.69. The van der Waals surface area contributed by atoms with Crippen molar-refractivity contribution in [3.8, 4) is 0 Å². The number of aliphatic hydroxyl groups excluding tert-OH is 1. The van der Waals surface area contributed by atoms with Crippen molar-refractivity contribution in [3.05, 3.63) is 77.5 Å². The molecule has 0 aliphatic carbocycles. The number of H-pyrrole nitrogens is 1. The molecule has 3 rings (SSSR count). The van der Waals surface area contributed by atoms with Crippen LogP contribution in [0.5, 0.6) is 0 Å². The second-order valence-corrected chi connectivity index (χ2v) is 5.33. The number of nitrogens with one attached hydrogen (secondary N) is 1. The van der Waals surface area contributed by atoms with Gasteiger partial charge in [-0.05, 0) is 18.6 Å². The molecular weight excluding hydrogens is 274 g/mol. The van der Waals surface area contributed by atoms with Gasteiger partial charge in [-0.15, -0.1) is 0 Å². The molecule has 0 aliphatic heterocycles. The molecule has 0 radical (unpaired) electrons. The summed E-state index contributed by atoms with van der Waals surface area (Å²) in [5, 5.41) is 11.3. The molecule has 2 aromatic carbocycles. The minimum absolute atomic E-state index is 0.0101. The zero-order valence-electron chi connectivity index (χ0n) is 12.3. The van der Waals surface area contributed by atoms with Crippen LogP contribution in [0.15, 0.2) is 60.7 Å². The molecule has 0 atom stereocenters. The highest BCUT2D eigenvalue weighted by Gasteiger charge is 2.15. The Morgan fingerprint density at radius 3 is 2.50 bits per heavy atom. The van der Waals surface area contributed by atoms with Gasteiger partial charge in [0.15, 0.2) is 5.78 Å². The molecule has 0 saturated carbocycles. The van der Waals surface area contributed by atoms with Crippen LogP contribution in [0, 0.1) is 0 Å². The van der Waals surface area contributed by atoms with Crippen LogP contribution in [0.4, 0.5) is 0 Å². The van der Waals surface area contributed by atoms with E-state index in [-0.39, 0.29) is 11.5 Å². The number of aromatic nitrogens is 1. The molecule has 0 amide bonds. The van der Waals surface area contributed by atoms with Gasteiger partial charge in [-0.25, -0.2) is 0 Å². The van der Waals surface area contributed by atoms with E-state index in [1.165, 1.54) is 13.0 Å². The van der Waals surface area contributed by atoms with E-state index in [0.29, 0.717) is 12.0 Å². The number of carbonyl (C=O) groups is 1. The molecule has 3 nitrogen and oxygen atoms in total. The van der Waals surface area contributed by atoms with E-state index in [1.54, 1.807) is 0 Å². The summed E-state index contributed by atoms with van der Waals surface area (Å²) >= 11 is 0. The number of benzene rings is 2. The summed E-state index contributed by atoms with van der Waals surface area (Å²) in [5.41, 5.74) is 3.70. The highest BCUT2D eigenvalue weighted by atomic mass is 16.3. The first-order chi connectivity index (χ1) is 10.6. The summed E-state index contributed by atoms with van der Waals surface area (Å²) in [5.74, 6) is -0.163. The van der Waals surface area contributed by atoms with Crippen molar-refractivity contribution in [3.63, 3.8) is 0 Å². The Morgan fingerprint density at radius 1 is 1.09 bits per heavy atom. The molecule has 1 heterocycles. The lowest BCUT2D eigenvalue weighted by molar-refractivity contribution is -0.112. The summed E-state index contributed by atoms with van der Waals surface area (Å²) in [6, 6.07) is 17.8. The van der Waals surface area contributed by atoms with Crippen LogP contribution in [0.25, 0.3) is 16.7 Å². The van der Waals surface area contributed by atoms with Crippen LogP contribution in [-0.2, 0) is 11.2 Å². The topological polar surface area (TPSA) is 53.1 Å². The number of hydrogen-bond acceptors (Lipinski definition) is 2. The number of para-hydroxylation sites is 1. The number of ketones is 1. The standard InChI is InChI=1S/C19H17NO2/c1-13(21)11-18(22)19-15-9-5-6-10-16(15)20-17(19)12-14-7-3-2-4-8-14/h2-11,20,22H,12H2,1H3. The molecule has 0 unspecified atom stereocenters. The smallest absolute Gasteiger partial charge is 0.156 e. The van der Waals surface area contributed by atoms with E-state index in [1.807, 2.05) is 54.6 Å². The second-order valence-electron chi connectivity index (χ2n) is 5.33. The zero-order chi connectivity index (χ0) is 15.5. The first kappa shape index (κ1) is 14.1. The SMILES string of the molecule is CC(=O)C=C(O)c1c(Cc2ccccc2)[nH]c2ccccc12. The van der Waals surface area contributed by atoms with Crippen molar-refractivity contribution in [2.24, 2.45) is 0 Å². The number of carbonyl (C=O) groups excluding carboxylic acids is 1. The average molecular weight is 291 g/mol. The summed E-state index contributed by atoms with van der Waals surface area (Å²) in [7, 11) is 0. The van der Waals surface area contributed by atoms with Gasteiger partial charge in [-0.1, -0.05) is 48.5 Å². The number of fused-ring (bicyclic) bond motifs is 1. The zero-order valence-corrected chi connectivity index (χ0v) is 12.3. The van der Waals surface area contributed by atoms with Gasteiger partial charge in [0, 0.05) is 34.7 Å². The van der Waals surface area contributed by atoms with Crippen molar-refractivity contribution < 1.29 is 9.90 Å². The summed E-state index contributed by atoms with van der Waals surface area (Å²) in [6.07, 6.45) is 1.94. The van der Waals surface area contributed by atoms with Crippen molar-refractivity contribution >= 4 is 22.4 Å². The number of aliphatic hydroxyl groups is 1.